The molecule has 2 aromatic rings. The molecule has 3 aliphatic rings. The second-order valence-corrected chi connectivity index (χ2v) is 11.9. The number of alkyl halides is 2. The molecule has 0 radical (unpaired) electrons. The molecule has 2 aliphatic heterocycles. The Morgan fingerprint density at radius 2 is 1.95 bits per heavy atom. The first-order valence-electron chi connectivity index (χ1n) is 15.3. The van der Waals surface area contributed by atoms with E-state index in [1.807, 2.05) is 0 Å². The first-order valence-corrected chi connectivity index (χ1v) is 15.3. The van der Waals surface area contributed by atoms with Crippen molar-refractivity contribution in [3.63, 3.8) is 0 Å². The van der Waals surface area contributed by atoms with Gasteiger partial charge in [0.15, 0.2) is 5.82 Å². The van der Waals surface area contributed by atoms with Crippen molar-refractivity contribution in [2.45, 2.75) is 63.8 Å². The van der Waals surface area contributed by atoms with Crippen molar-refractivity contribution in [3.8, 4) is 0 Å². The zero-order valence-corrected chi connectivity index (χ0v) is 25.3. The molecule has 2 atom stereocenters. The highest BCUT2D eigenvalue weighted by Crippen LogP contribution is 2.41. The molecule has 0 spiro atoms. The van der Waals surface area contributed by atoms with Gasteiger partial charge in [0, 0.05) is 78.6 Å². The summed E-state index contributed by atoms with van der Waals surface area (Å²) < 4.78 is 34.9. The van der Waals surface area contributed by atoms with Crippen molar-refractivity contribution in [1.29, 1.82) is 0 Å². The summed E-state index contributed by atoms with van der Waals surface area (Å²) in [5.74, 6) is -2.37. The van der Waals surface area contributed by atoms with Crippen molar-refractivity contribution in [3.05, 3.63) is 17.6 Å². The number of amides is 2. The van der Waals surface area contributed by atoms with Crippen molar-refractivity contribution in [1.82, 2.24) is 35.1 Å². The largest absolute Gasteiger partial charge is 0.383 e. The molecule has 3 fully saturated rings. The Morgan fingerprint density at radius 3 is 2.63 bits per heavy atom. The van der Waals surface area contributed by atoms with Gasteiger partial charge < -0.3 is 20.3 Å². The second kappa shape index (κ2) is 13.6. The Kier molecular flexibility index (Phi) is 9.85. The number of nitrogens with one attached hydrogen (secondary N) is 2. The predicted molar refractivity (Wildman–Crippen MR) is 158 cm³/mol. The number of hydrogen-bond acceptors (Lipinski definition) is 9. The molecule has 2 N–H and O–H groups in total. The fourth-order valence-corrected chi connectivity index (χ4v) is 6.24. The summed E-state index contributed by atoms with van der Waals surface area (Å²) in [5, 5.41) is 10.9. The Balaban J connectivity index is 1.47. The quantitative estimate of drug-likeness (QED) is 0.395. The van der Waals surface area contributed by atoms with E-state index < -0.39 is 12.0 Å². The number of aliphatic imine (C=N–C) groups is 1. The number of rotatable bonds is 10. The molecule has 43 heavy (non-hydrogen) atoms. The average Bonchev–Trinajstić information content (AvgIpc) is 3.42. The SMILES string of the molecule is CN=C(C)C(=O)NC(c1cn2nc(C[C@H]3CCCNC3=O)c(N3CCN(CCOC)CC3)nc2n1)C1CCC(F)(F)CC1. The van der Waals surface area contributed by atoms with Crippen LogP contribution in [0.15, 0.2) is 11.2 Å². The summed E-state index contributed by atoms with van der Waals surface area (Å²) in [6.45, 7) is 7.01. The molecule has 1 saturated carbocycles. The molecule has 5 rings (SSSR count). The number of methoxy groups -OCH3 is 1. The van der Waals surface area contributed by atoms with Crippen LogP contribution in [-0.2, 0) is 20.7 Å². The number of nitrogens with zero attached hydrogens (tertiary/aromatic N) is 7. The fraction of sp³-hybridized carbons (Fsp3) is 0.724. The lowest BCUT2D eigenvalue weighted by Gasteiger charge is -2.36. The minimum absolute atomic E-state index is 0.0274. The molecule has 2 aromatic heterocycles. The number of hydrogen-bond donors (Lipinski definition) is 2. The van der Waals surface area contributed by atoms with Crippen molar-refractivity contribution in [2.24, 2.45) is 16.8 Å². The van der Waals surface area contributed by atoms with Crippen LogP contribution in [0.3, 0.4) is 0 Å². The summed E-state index contributed by atoms with van der Waals surface area (Å²) in [5.41, 5.74) is 1.54. The van der Waals surface area contributed by atoms with Gasteiger partial charge in [-0.05, 0) is 38.5 Å². The van der Waals surface area contributed by atoms with Crippen LogP contribution < -0.4 is 15.5 Å². The van der Waals surface area contributed by atoms with E-state index in [1.54, 1.807) is 24.7 Å². The third kappa shape index (κ3) is 7.46. The highest BCUT2D eigenvalue weighted by molar-refractivity contribution is 6.37. The molecule has 14 heteroatoms. The monoisotopic (exact) mass is 603 g/mol. The van der Waals surface area contributed by atoms with E-state index >= 15 is 0 Å². The van der Waals surface area contributed by atoms with E-state index in [0.29, 0.717) is 42.6 Å². The van der Waals surface area contributed by atoms with E-state index in [9.17, 15) is 18.4 Å². The van der Waals surface area contributed by atoms with Gasteiger partial charge in [0.05, 0.1) is 30.3 Å². The normalized spacial score (nSPS) is 22.9. The van der Waals surface area contributed by atoms with Crippen LogP contribution in [0.2, 0.25) is 0 Å². The smallest absolute Gasteiger partial charge is 0.265 e. The second-order valence-electron chi connectivity index (χ2n) is 11.9. The number of carbonyl (C=O) groups excluding carboxylic acids is 2. The van der Waals surface area contributed by atoms with Crippen LogP contribution in [0.4, 0.5) is 14.6 Å². The average molecular weight is 604 g/mol. The van der Waals surface area contributed by atoms with Crippen LogP contribution >= 0.6 is 0 Å². The van der Waals surface area contributed by atoms with Crippen LogP contribution in [0.1, 0.15) is 62.9 Å². The van der Waals surface area contributed by atoms with Gasteiger partial charge >= 0.3 is 0 Å². The number of fused-ring (bicyclic) bond motifs is 1. The van der Waals surface area contributed by atoms with E-state index in [-0.39, 0.29) is 49.3 Å². The van der Waals surface area contributed by atoms with E-state index in [2.05, 4.69) is 25.4 Å². The molecule has 4 heterocycles. The Morgan fingerprint density at radius 1 is 1.21 bits per heavy atom. The number of imidazole rings is 1. The van der Waals surface area contributed by atoms with Crippen LogP contribution in [-0.4, -0.2) is 108 Å². The number of piperazine rings is 1. The summed E-state index contributed by atoms with van der Waals surface area (Å²) in [6, 6.07) is -0.593. The zero-order valence-electron chi connectivity index (χ0n) is 25.3. The molecule has 0 aromatic carbocycles. The number of anilines is 1. The molecule has 1 aliphatic carbocycles. The highest BCUT2D eigenvalue weighted by Gasteiger charge is 2.39. The fourth-order valence-electron chi connectivity index (χ4n) is 6.24. The maximum Gasteiger partial charge on any atom is 0.265 e. The van der Waals surface area contributed by atoms with Crippen molar-refractivity contribution in [2.75, 3.05) is 64.9 Å². The zero-order chi connectivity index (χ0) is 30.6. The van der Waals surface area contributed by atoms with Crippen molar-refractivity contribution >= 4 is 29.1 Å². The lowest BCUT2D eigenvalue weighted by atomic mass is 9.81. The summed E-state index contributed by atoms with van der Waals surface area (Å²) in [7, 11) is 3.24. The molecule has 2 amide bonds. The molecule has 12 nitrogen and oxygen atoms in total. The van der Waals surface area contributed by atoms with E-state index in [1.165, 1.54) is 7.05 Å². The van der Waals surface area contributed by atoms with Gasteiger partial charge in [-0.25, -0.2) is 18.3 Å². The van der Waals surface area contributed by atoms with Gasteiger partial charge in [0.25, 0.3) is 11.7 Å². The lowest BCUT2D eigenvalue weighted by molar-refractivity contribution is -0.126. The van der Waals surface area contributed by atoms with Crippen molar-refractivity contribution < 1.29 is 23.1 Å². The Hall–Kier alpha value is -3.26. The number of halogens is 2. The number of carbonyl (C=O) groups is 2. The maximum atomic E-state index is 14.0. The molecule has 1 unspecified atom stereocenters. The van der Waals surface area contributed by atoms with Gasteiger partial charge in [-0.1, -0.05) is 0 Å². The van der Waals surface area contributed by atoms with Gasteiger partial charge in [0.2, 0.25) is 11.8 Å². The standard InChI is InChI=1S/C29H43F2N9O3/c1-19(32-2)26(41)35-24(20-6-8-29(30,31)9-7-20)23-18-40-28(34-23)36-25(39-13-11-38(12-14-39)15-16-43-3)22(37-40)17-21-5-4-10-33-27(21)42/h18,20-21,24H,4-17H2,1-3H3,(H,33,42)(H,35,41)/t21-,24?/m1/s1. The predicted octanol–water partition coefficient (Wildman–Crippen LogP) is 2.03. The summed E-state index contributed by atoms with van der Waals surface area (Å²) in [4.78, 5) is 43.9. The van der Waals surface area contributed by atoms with Gasteiger partial charge in [0.1, 0.15) is 5.69 Å². The molecular formula is C29H43F2N9O3. The van der Waals surface area contributed by atoms with Crippen LogP contribution in [0.5, 0.6) is 0 Å². The lowest BCUT2D eigenvalue weighted by Crippen LogP contribution is -2.48. The van der Waals surface area contributed by atoms with E-state index in [4.69, 9.17) is 19.8 Å². The van der Waals surface area contributed by atoms with Gasteiger partial charge in [-0.15, -0.1) is 0 Å². The molecule has 0 bridgehead atoms. The summed E-state index contributed by atoms with van der Waals surface area (Å²) in [6.07, 6.45) is 3.93. The van der Waals surface area contributed by atoms with Crippen LogP contribution in [0, 0.1) is 11.8 Å². The maximum absolute atomic E-state index is 14.0. The molecular weight excluding hydrogens is 560 g/mol. The Bertz CT molecular complexity index is 1320. The summed E-state index contributed by atoms with van der Waals surface area (Å²) >= 11 is 0. The van der Waals surface area contributed by atoms with Gasteiger partial charge in [-0.2, -0.15) is 10.1 Å². The van der Waals surface area contributed by atoms with Gasteiger partial charge in [-0.3, -0.25) is 19.5 Å². The minimum Gasteiger partial charge on any atom is -0.383 e. The third-order valence-corrected chi connectivity index (χ3v) is 9.01. The first kappa shape index (κ1) is 31.2. The third-order valence-electron chi connectivity index (χ3n) is 9.01. The number of aromatic nitrogens is 4. The highest BCUT2D eigenvalue weighted by atomic mass is 19.3. The molecule has 236 valence electrons. The topological polar surface area (TPSA) is 129 Å². The minimum atomic E-state index is -2.70. The molecule has 2 saturated heterocycles. The van der Waals surface area contributed by atoms with E-state index in [0.717, 1.165) is 51.3 Å². The Labute approximate surface area is 250 Å². The first-order chi connectivity index (χ1) is 20.7. The number of ether oxygens (including phenoxy) is 1. The number of piperidine rings is 1. The van der Waals surface area contributed by atoms with Crippen LogP contribution in [0.25, 0.3) is 5.78 Å².